The summed E-state index contributed by atoms with van der Waals surface area (Å²) in [6, 6.07) is 11.9. The standard InChI is InChI=1S/C21H19FN4O3S/c22-16-4-2-15(3-5-16)19-20(30-24-23-19)21(27)26-9-7-25(8-10-26)12-14-1-6-17-18(11-14)29-13-28-17/h1-6,11H,7-10,12-13H2. The van der Waals surface area contributed by atoms with Crippen LogP contribution in [-0.2, 0) is 6.54 Å². The normalized spacial score (nSPS) is 16.1. The molecule has 0 radical (unpaired) electrons. The number of nitrogens with zero attached hydrogens (tertiary/aromatic N) is 4. The zero-order valence-corrected chi connectivity index (χ0v) is 16.9. The average molecular weight is 426 g/mol. The molecule has 7 nitrogen and oxygen atoms in total. The Bertz CT molecular complexity index is 1060. The van der Waals surface area contributed by atoms with Gasteiger partial charge >= 0.3 is 0 Å². The maximum absolute atomic E-state index is 13.2. The molecule has 1 saturated heterocycles. The molecule has 1 aromatic heterocycles. The summed E-state index contributed by atoms with van der Waals surface area (Å²) >= 11 is 1.08. The van der Waals surface area contributed by atoms with Crippen LogP contribution < -0.4 is 9.47 Å². The van der Waals surface area contributed by atoms with E-state index in [1.165, 1.54) is 12.1 Å². The van der Waals surface area contributed by atoms with E-state index in [0.29, 0.717) is 29.2 Å². The fourth-order valence-corrected chi connectivity index (χ4v) is 4.33. The molecule has 1 fully saturated rings. The van der Waals surface area contributed by atoms with Crippen LogP contribution in [0, 0.1) is 5.82 Å². The molecule has 0 bridgehead atoms. The molecule has 5 rings (SSSR count). The Morgan fingerprint density at radius 2 is 1.80 bits per heavy atom. The maximum Gasteiger partial charge on any atom is 0.267 e. The number of carbonyl (C=O) groups excluding carboxylic acids is 1. The van der Waals surface area contributed by atoms with Gasteiger partial charge in [-0.05, 0) is 53.5 Å². The first-order valence-corrected chi connectivity index (χ1v) is 10.4. The summed E-state index contributed by atoms with van der Waals surface area (Å²) in [5.41, 5.74) is 2.35. The van der Waals surface area contributed by atoms with Crippen LogP contribution in [0.3, 0.4) is 0 Å². The van der Waals surface area contributed by atoms with Crippen LogP contribution in [0.4, 0.5) is 4.39 Å². The van der Waals surface area contributed by atoms with Gasteiger partial charge in [-0.25, -0.2) is 4.39 Å². The van der Waals surface area contributed by atoms with E-state index in [2.05, 4.69) is 14.5 Å². The summed E-state index contributed by atoms with van der Waals surface area (Å²) in [5.74, 6) is 1.16. The predicted octanol–water partition coefficient (Wildman–Crippen LogP) is 3.03. The highest BCUT2D eigenvalue weighted by Gasteiger charge is 2.27. The number of halogens is 1. The van der Waals surface area contributed by atoms with Crippen LogP contribution >= 0.6 is 11.5 Å². The van der Waals surface area contributed by atoms with Gasteiger partial charge < -0.3 is 14.4 Å². The van der Waals surface area contributed by atoms with E-state index in [-0.39, 0.29) is 18.5 Å². The van der Waals surface area contributed by atoms with Gasteiger partial charge in [0.2, 0.25) is 6.79 Å². The number of rotatable bonds is 4. The van der Waals surface area contributed by atoms with Gasteiger partial charge in [0, 0.05) is 38.3 Å². The van der Waals surface area contributed by atoms with Crippen LogP contribution in [0.2, 0.25) is 0 Å². The number of benzene rings is 2. The quantitative estimate of drug-likeness (QED) is 0.639. The highest BCUT2D eigenvalue weighted by Crippen LogP contribution is 2.33. The molecule has 30 heavy (non-hydrogen) atoms. The molecule has 0 saturated carbocycles. The lowest BCUT2D eigenvalue weighted by atomic mass is 10.1. The zero-order chi connectivity index (χ0) is 20.5. The van der Waals surface area contributed by atoms with E-state index in [9.17, 15) is 9.18 Å². The Balaban J connectivity index is 1.22. The van der Waals surface area contributed by atoms with E-state index >= 15 is 0 Å². The Morgan fingerprint density at radius 3 is 2.60 bits per heavy atom. The maximum atomic E-state index is 13.2. The van der Waals surface area contributed by atoms with Gasteiger partial charge in [0.15, 0.2) is 11.5 Å². The van der Waals surface area contributed by atoms with Crippen molar-refractivity contribution in [3.8, 4) is 22.8 Å². The van der Waals surface area contributed by atoms with Crippen molar-refractivity contribution < 1.29 is 18.7 Å². The van der Waals surface area contributed by atoms with Crippen molar-refractivity contribution >= 4 is 17.4 Å². The van der Waals surface area contributed by atoms with E-state index in [1.807, 2.05) is 23.1 Å². The number of fused-ring (bicyclic) bond motifs is 1. The SMILES string of the molecule is O=C(c1snnc1-c1ccc(F)cc1)N1CCN(Cc2ccc3c(c2)OCO3)CC1. The third-order valence-electron chi connectivity index (χ3n) is 5.30. The Hall–Kier alpha value is -3.04. The molecule has 2 aliphatic rings. The molecule has 154 valence electrons. The van der Waals surface area contributed by atoms with Gasteiger partial charge in [0.25, 0.3) is 5.91 Å². The van der Waals surface area contributed by atoms with Crippen molar-refractivity contribution in [2.45, 2.75) is 6.54 Å². The molecule has 1 amide bonds. The van der Waals surface area contributed by atoms with Crippen molar-refractivity contribution in [3.05, 3.63) is 58.7 Å². The Labute approximate surface area is 176 Å². The Kier molecular flexibility index (Phi) is 5.06. The first-order valence-electron chi connectivity index (χ1n) is 9.66. The van der Waals surface area contributed by atoms with Gasteiger partial charge in [-0.3, -0.25) is 9.69 Å². The fraction of sp³-hybridized carbons (Fsp3) is 0.286. The number of amides is 1. The number of carbonyl (C=O) groups is 1. The lowest BCUT2D eigenvalue weighted by molar-refractivity contribution is 0.0633. The predicted molar refractivity (Wildman–Crippen MR) is 109 cm³/mol. The van der Waals surface area contributed by atoms with Crippen molar-refractivity contribution in [1.82, 2.24) is 19.4 Å². The highest BCUT2D eigenvalue weighted by atomic mass is 32.1. The first-order chi connectivity index (χ1) is 14.7. The van der Waals surface area contributed by atoms with Gasteiger partial charge in [-0.1, -0.05) is 10.6 Å². The molecule has 2 aromatic carbocycles. The molecule has 3 aromatic rings. The first kappa shape index (κ1) is 19.0. The van der Waals surface area contributed by atoms with Gasteiger partial charge in [0.05, 0.1) is 0 Å². The molecule has 9 heteroatoms. The molecular weight excluding hydrogens is 407 g/mol. The highest BCUT2D eigenvalue weighted by molar-refractivity contribution is 7.08. The summed E-state index contributed by atoms with van der Waals surface area (Å²) in [6.45, 7) is 3.87. The molecular formula is C21H19FN4O3S. The smallest absolute Gasteiger partial charge is 0.267 e. The van der Waals surface area contributed by atoms with Crippen LogP contribution in [0.1, 0.15) is 15.2 Å². The molecule has 0 spiro atoms. The molecule has 0 atom stereocenters. The minimum absolute atomic E-state index is 0.0768. The van der Waals surface area contributed by atoms with Gasteiger partial charge in [-0.15, -0.1) is 5.10 Å². The molecule has 2 aliphatic heterocycles. The molecule has 0 aliphatic carbocycles. The fourth-order valence-electron chi connectivity index (χ4n) is 3.68. The summed E-state index contributed by atoms with van der Waals surface area (Å²) < 4.78 is 28.0. The summed E-state index contributed by atoms with van der Waals surface area (Å²) in [7, 11) is 0. The second-order valence-corrected chi connectivity index (χ2v) is 7.97. The molecule has 3 heterocycles. The summed E-state index contributed by atoms with van der Waals surface area (Å²) in [5, 5.41) is 4.10. The topological polar surface area (TPSA) is 67.8 Å². The molecule has 0 N–H and O–H groups in total. The van der Waals surface area contributed by atoms with Gasteiger partial charge in [-0.2, -0.15) is 0 Å². The minimum Gasteiger partial charge on any atom is -0.454 e. The number of aromatic nitrogens is 2. The molecule has 0 unspecified atom stereocenters. The third kappa shape index (κ3) is 3.73. The van der Waals surface area contributed by atoms with Crippen molar-refractivity contribution in [2.24, 2.45) is 0 Å². The number of hydrogen-bond donors (Lipinski definition) is 0. The summed E-state index contributed by atoms with van der Waals surface area (Å²) in [4.78, 5) is 17.7. The summed E-state index contributed by atoms with van der Waals surface area (Å²) in [6.07, 6.45) is 0. The monoisotopic (exact) mass is 426 g/mol. The van der Waals surface area contributed by atoms with E-state index in [1.54, 1.807) is 12.1 Å². The van der Waals surface area contributed by atoms with Crippen LogP contribution in [0.15, 0.2) is 42.5 Å². The van der Waals surface area contributed by atoms with Crippen LogP contribution in [-0.4, -0.2) is 58.3 Å². The van der Waals surface area contributed by atoms with E-state index in [4.69, 9.17) is 9.47 Å². The number of piperazine rings is 1. The Morgan fingerprint density at radius 1 is 1.03 bits per heavy atom. The van der Waals surface area contributed by atoms with Gasteiger partial charge in [0.1, 0.15) is 16.4 Å². The van der Waals surface area contributed by atoms with Crippen molar-refractivity contribution in [2.75, 3.05) is 33.0 Å². The second kappa shape index (κ2) is 8.00. The number of ether oxygens (including phenoxy) is 2. The van der Waals surface area contributed by atoms with Crippen molar-refractivity contribution in [1.29, 1.82) is 0 Å². The third-order valence-corrected chi connectivity index (χ3v) is 6.02. The average Bonchev–Trinajstić information content (AvgIpc) is 3.44. The van der Waals surface area contributed by atoms with Crippen LogP contribution in [0.25, 0.3) is 11.3 Å². The lowest BCUT2D eigenvalue weighted by Gasteiger charge is -2.34. The lowest BCUT2D eigenvalue weighted by Crippen LogP contribution is -2.48. The van der Waals surface area contributed by atoms with E-state index in [0.717, 1.165) is 48.2 Å². The number of hydrogen-bond acceptors (Lipinski definition) is 7. The van der Waals surface area contributed by atoms with Crippen LogP contribution in [0.5, 0.6) is 11.5 Å². The second-order valence-electron chi connectivity index (χ2n) is 7.21. The minimum atomic E-state index is -0.326. The largest absolute Gasteiger partial charge is 0.454 e. The zero-order valence-electron chi connectivity index (χ0n) is 16.1. The van der Waals surface area contributed by atoms with Crippen molar-refractivity contribution in [3.63, 3.8) is 0 Å². The van der Waals surface area contributed by atoms with E-state index < -0.39 is 0 Å².